The van der Waals surface area contributed by atoms with Gasteiger partial charge in [-0.05, 0) is 18.3 Å². The molecular formula is C6H13N. The molecule has 1 heteroatoms. The molecule has 0 bridgehead atoms. The SMILES string of the molecule is CC(C)[C@H]1C[C@@H]1N. The fourth-order valence-corrected chi connectivity index (χ4v) is 1.00. The Morgan fingerprint density at radius 3 is 2.00 bits per heavy atom. The Morgan fingerprint density at radius 2 is 2.00 bits per heavy atom. The van der Waals surface area contributed by atoms with E-state index in [1.165, 1.54) is 6.42 Å². The van der Waals surface area contributed by atoms with Crippen LogP contribution in [0, 0.1) is 11.8 Å². The van der Waals surface area contributed by atoms with Crippen LogP contribution in [0.2, 0.25) is 0 Å². The molecule has 1 aliphatic rings. The molecule has 1 saturated carbocycles. The van der Waals surface area contributed by atoms with E-state index in [9.17, 15) is 0 Å². The van der Waals surface area contributed by atoms with Gasteiger partial charge in [0.15, 0.2) is 0 Å². The van der Waals surface area contributed by atoms with Gasteiger partial charge in [0.05, 0.1) is 0 Å². The number of hydrogen-bond acceptors (Lipinski definition) is 1. The molecule has 0 spiro atoms. The topological polar surface area (TPSA) is 26.0 Å². The molecule has 1 aliphatic carbocycles. The second-order valence-electron chi connectivity index (χ2n) is 2.81. The molecule has 0 aromatic heterocycles. The molecule has 0 unspecified atom stereocenters. The van der Waals surface area contributed by atoms with Gasteiger partial charge in [-0.1, -0.05) is 13.8 Å². The van der Waals surface area contributed by atoms with Crippen LogP contribution in [0.25, 0.3) is 0 Å². The molecule has 0 aromatic rings. The highest BCUT2D eigenvalue weighted by Crippen LogP contribution is 2.34. The summed E-state index contributed by atoms with van der Waals surface area (Å²) in [5, 5.41) is 0. The van der Waals surface area contributed by atoms with Crippen molar-refractivity contribution in [2.45, 2.75) is 26.3 Å². The minimum absolute atomic E-state index is 0.542. The first-order chi connectivity index (χ1) is 3.22. The second kappa shape index (κ2) is 1.48. The molecule has 7 heavy (non-hydrogen) atoms. The highest BCUT2D eigenvalue weighted by atomic mass is 14.7. The van der Waals surface area contributed by atoms with E-state index in [2.05, 4.69) is 13.8 Å². The zero-order chi connectivity index (χ0) is 5.44. The molecule has 0 aliphatic heterocycles. The smallest absolute Gasteiger partial charge is 0.00735 e. The van der Waals surface area contributed by atoms with Crippen LogP contribution in [0.3, 0.4) is 0 Å². The van der Waals surface area contributed by atoms with E-state index in [1.54, 1.807) is 0 Å². The number of hydrogen-bond donors (Lipinski definition) is 1. The Hall–Kier alpha value is -0.0400. The van der Waals surface area contributed by atoms with Crippen molar-refractivity contribution in [3.63, 3.8) is 0 Å². The van der Waals surface area contributed by atoms with Crippen LogP contribution in [0.15, 0.2) is 0 Å². The van der Waals surface area contributed by atoms with Crippen LogP contribution < -0.4 is 5.73 Å². The van der Waals surface area contributed by atoms with Gasteiger partial charge in [0.25, 0.3) is 0 Å². The maximum atomic E-state index is 5.57. The summed E-state index contributed by atoms with van der Waals surface area (Å²) in [6, 6.07) is 0.542. The average molecular weight is 99.2 g/mol. The second-order valence-corrected chi connectivity index (χ2v) is 2.81. The monoisotopic (exact) mass is 99.1 g/mol. The normalized spacial score (nSPS) is 39.4. The Morgan fingerprint density at radius 1 is 1.57 bits per heavy atom. The fourth-order valence-electron chi connectivity index (χ4n) is 1.00. The quantitative estimate of drug-likeness (QED) is 0.521. The molecule has 1 fully saturated rings. The van der Waals surface area contributed by atoms with E-state index in [4.69, 9.17) is 5.73 Å². The van der Waals surface area contributed by atoms with Crippen molar-refractivity contribution in [2.75, 3.05) is 0 Å². The molecule has 1 nitrogen and oxygen atoms in total. The third kappa shape index (κ3) is 0.942. The summed E-state index contributed by atoms with van der Waals surface area (Å²) in [5.74, 6) is 1.66. The molecule has 2 N–H and O–H groups in total. The Balaban J connectivity index is 2.20. The average Bonchev–Trinajstić information content (AvgIpc) is 2.17. The molecular weight excluding hydrogens is 86.1 g/mol. The van der Waals surface area contributed by atoms with Gasteiger partial charge in [-0.15, -0.1) is 0 Å². The fraction of sp³-hybridized carbons (Fsp3) is 1.00. The summed E-state index contributed by atoms with van der Waals surface area (Å²) in [6.45, 7) is 4.47. The Kier molecular flexibility index (Phi) is 1.08. The van der Waals surface area contributed by atoms with Crippen molar-refractivity contribution in [3.8, 4) is 0 Å². The van der Waals surface area contributed by atoms with Crippen molar-refractivity contribution in [3.05, 3.63) is 0 Å². The molecule has 42 valence electrons. The van der Waals surface area contributed by atoms with E-state index in [0.717, 1.165) is 11.8 Å². The highest BCUT2D eigenvalue weighted by Gasteiger charge is 2.35. The van der Waals surface area contributed by atoms with Gasteiger partial charge in [-0.2, -0.15) is 0 Å². The van der Waals surface area contributed by atoms with Crippen molar-refractivity contribution >= 4 is 0 Å². The van der Waals surface area contributed by atoms with E-state index in [1.807, 2.05) is 0 Å². The predicted octanol–water partition coefficient (Wildman–Crippen LogP) is 0.990. The molecule has 0 amide bonds. The summed E-state index contributed by atoms with van der Waals surface area (Å²) in [5.41, 5.74) is 5.57. The van der Waals surface area contributed by atoms with E-state index in [-0.39, 0.29) is 0 Å². The van der Waals surface area contributed by atoms with Crippen LogP contribution in [0.5, 0.6) is 0 Å². The standard InChI is InChI=1S/C6H13N/c1-4(2)5-3-6(5)7/h4-6H,3,7H2,1-2H3/t5-,6+/m1/s1. The van der Waals surface area contributed by atoms with Crippen LogP contribution in [0.4, 0.5) is 0 Å². The van der Waals surface area contributed by atoms with Crippen LogP contribution in [0.1, 0.15) is 20.3 Å². The van der Waals surface area contributed by atoms with Crippen LogP contribution in [-0.4, -0.2) is 6.04 Å². The van der Waals surface area contributed by atoms with Crippen LogP contribution in [-0.2, 0) is 0 Å². The lowest BCUT2D eigenvalue weighted by Gasteiger charge is -1.96. The lowest BCUT2D eigenvalue weighted by molar-refractivity contribution is 0.547. The van der Waals surface area contributed by atoms with E-state index < -0.39 is 0 Å². The van der Waals surface area contributed by atoms with Crippen molar-refractivity contribution < 1.29 is 0 Å². The van der Waals surface area contributed by atoms with Gasteiger partial charge in [-0.3, -0.25) is 0 Å². The minimum Gasteiger partial charge on any atom is -0.327 e. The molecule has 2 atom stereocenters. The van der Waals surface area contributed by atoms with Gasteiger partial charge in [0.2, 0.25) is 0 Å². The summed E-state index contributed by atoms with van der Waals surface area (Å²) in [7, 11) is 0. The zero-order valence-electron chi connectivity index (χ0n) is 5.02. The summed E-state index contributed by atoms with van der Waals surface area (Å²) < 4.78 is 0. The lowest BCUT2D eigenvalue weighted by Crippen LogP contribution is -2.05. The Bertz CT molecular complexity index is 68.6. The largest absolute Gasteiger partial charge is 0.327 e. The highest BCUT2D eigenvalue weighted by molar-refractivity contribution is 4.91. The zero-order valence-corrected chi connectivity index (χ0v) is 5.02. The first-order valence-electron chi connectivity index (χ1n) is 2.97. The van der Waals surface area contributed by atoms with Crippen molar-refractivity contribution in [2.24, 2.45) is 17.6 Å². The van der Waals surface area contributed by atoms with Crippen molar-refractivity contribution in [1.29, 1.82) is 0 Å². The maximum Gasteiger partial charge on any atom is 0.00735 e. The molecule has 0 aromatic carbocycles. The molecule has 0 saturated heterocycles. The predicted molar refractivity (Wildman–Crippen MR) is 30.9 cm³/mol. The Labute approximate surface area is 44.9 Å². The summed E-state index contributed by atoms with van der Waals surface area (Å²) in [4.78, 5) is 0. The first kappa shape index (κ1) is 5.10. The van der Waals surface area contributed by atoms with Gasteiger partial charge < -0.3 is 5.73 Å². The van der Waals surface area contributed by atoms with Gasteiger partial charge in [0.1, 0.15) is 0 Å². The minimum atomic E-state index is 0.542. The van der Waals surface area contributed by atoms with Gasteiger partial charge in [0, 0.05) is 6.04 Å². The molecule has 0 radical (unpaired) electrons. The van der Waals surface area contributed by atoms with Crippen molar-refractivity contribution in [1.82, 2.24) is 0 Å². The lowest BCUT2D eigenvalue weighted by atomic mass is 10.1. The summed E-state index contributed by atoms with van der Waals surface area (Å²) >= 11 is 0. The van der Waals surface area contributed by atoms with E-state index >= 15 is 0 Å². The third-order valence-electron chi connectivity index (χ3n) is 1.75. The van der Waals surface area contributed by atoms with Gasteiger partial charge >= 0.3 is 0 Å². The van der Waals surface area contributed by atoms with Gasteiger partial charge in [-0.25, -0.2) is 0 Å². The van der Waals surface area contributed by atoms with E-state index in [0.29, 0.717) is 6.04 Å². The molecule has 1 rings (SSSR count). The maximum absolute atomic E-state index is 5.57. The van der Waals surface area contributed by atoms with Crippen LogP contribution >= 0.6 is 0 Å². The number of nitrogens with two attached hydrogens (primary N) is 1. The number of rotatable bonds is 1. The molecule has 0 heterocycles. The third-order valence-corrected chi connectivity index (χ3v) is 1.75. The first-order valence-corrected chi connectivity index (χ1v) is 2.97. The summed E-state index contributed by atoms with van der Waals surface area (Å²) in [6.07, 6.45) is 1.26.